The number of aromatic nitrogens is 2. The van der Waals surface area contributed by atoms with E-state index in [0.29, 0.717) is 18.1 Å². The molecule has 0 bridgehead atoms. The highest BCUT2D eigenvalue weighted by Gasteiger charge is 2.09. The molecule has 0 aliphatic carbocycles. The Bertz CT molecular complexity index is 773. The van der Waals surface area contributed by atoms with Crippen LogP contribution in [0.1, 0.15) is 11.1 Å². The fraction of sp³-hybridized carbons (Fsp3) is 0.111. The fourth-order valence-electron chi connectivity index (χ4n) is 2.10. The number of rotatable bonds is 5. The molecule has 5 heteroatoms. The molecule has 0 atom stereocenters. The van der Waals surface area contributed by atoms with Crippen LogP contribution in [0.3, 0.4) is 0 Å². The van der Waals surface area contributed by atoms with E-state index in [0.717, 1.165) is 9.92 Å². The fourth-order valence-corrected chi connectivity index (χ4v) is 2.90. The average molecular weight is 322 g/mol. The highest BCUT2D eigenvalue weighted by molar-refractivity contribution is 7.99. The number of nitrogens with two attached hydrogens (primary N) is 1. The largest absolute Gasteiger partial charge is 0.394 e. The molecule has 3 rings (SSSR count). The minimum Gasteiger partial charge on any atom is -0.394 e. The second-order valence-corrected chi connectivity index (χ2v) is 6.26. The molecule has 3 N–H and O–H groups in total. The maximum Gasteiger partial charge on any atom is 0.154 e. The van der Waals surface area contributed by atoms with E-state index in [1.54, 1.807) is 18.1 Å². The lowest BCUT2D eigenvalue weighted by molar-refractivity contribution is 1.03. The van der Waals surface area contributed by atoms with Crippen molar-refractivity contribution in [3.63, 3.8) is 0 Å². The first kappa shape index (κ1) is 15.4. The molecular formula is C18H18N4S. The van der Waals surface area contributed by atoms with Gasteiger partial charge in [-0.3, -0.25) is 0 Å². The second kappa shape index (κ2) is 7.15. The third-order valence-electron chi connectivity index (χ3n) is 3.39. The van der Waals surface area contributed by atoms with Gasteiger partial charge in [0.15, 0.2) is 5.82 Å². The van der Waals surface area contributed by atoms with E-state index in [1.807, 2.05) is 18.2 Å². The van der Waals surface area contributed by atoms with Crippen molar-refractivity contribution in [1.82, 2.24) is 9.97 Å². The van der Waals surface area contributed by atoms with E-state index in [2.05, 4.69) is 58.6 Å². The molecule has 0 aliphatic heterocycles. The van der Waals surface area contributed by atoms with E-state index in [9.17, 15) is 0 Å². The lowest BCUT2D eigenvalue weighted by atomic mass is 10.2. The van der Waals surface area contributed by atoms with Gasteiger partial charge in [0.25, 0.3) is 0 Å². The first-order valence-electron chi connectivity index (χ1n) is 7.35. The van der Waals surface area contributed by atoms with Crippen LogP contribution in [0.2, 0.25) is 0 Å². The summed E-state index contributed by atoms with van der Waals surface area (Å²) in [6, 6.07) is 18.4. The van der Waals surface area contributed by atoms with Crippen molar-refractivity contribution in [1.29, 1.82) is 0 Å². The lowest BCUT2D eigenvalue weighted by Crippen LogP contribution is -2.06. The predicted molar refractivity (Wildman–Crippen MR) is 95.5 cm³/mol. The van der Waals surface area contributed by atoms with Crippen LogP contribution in [0.25, 0.3) is 0 Å². The summed E-state index contributed by atoms with van der Waals surface area (Å²) in [7, 11) is 0. The Balaban J connectivity index is 1.74. The smallest absolute Gasteiger partial charge is 0.154 e. The molecule has 0 spiro atoms. The molecule has 0 saturated carbocycles. The summed E-state index contributed by atoms with van der Waals surface area (Å²) in [4.78, 5) is 9.65. The minimum absolute atomic E-state index is 0.578. The summed E-state index contributed by atoms with van der Waals surface area (Å²) >= 11 is 1.54. The quantitative estimate of drug-likeness (QED) is 0.692. The van der Waals surface area contributed by atoms with Crippen molar-refractivity contribution < 1.29 is 0 Å². The van der Waals surface area contributed by atoms with Gasteiger partial charge < -0.3 is 11.1 Å². The molecule has 0 amide bonds. The Morgan fingerprint density at radius 3 is 2.48 bits per heavy atom. The van der Waals surface area contributed by atoms with Crippen molar-refractivity contribution in [2.45, 2.75) is 23.4 Å². The normalized spacial score (nSPS) is 10.5. The number of aryl methyl sites for hydroxylation is 1. The Hall–Kier alpha value is -2.53. The van der Waals surface area contributed by atoms with E-state index in [-0.39, 0.29) is 0 Å². The summed E-state index contributed by atoms with van der Waals surface area (Å²) in [6.07, 6.45) is 1.54. The van der Waals surface area contributed by atoms with Crippen molar-refractivity contribution >= 4 is 23.3 Å². The van der Waals surface area contributed by atoms with Gasteiger partial charge in [-0.25, -0.2) is 9.97 Å². The minimum atomic E-state index is 0.578. The van der Waals surface area contributed by atoms with Gasteiger partial charge in [-0.05, 0) is 24.6 Å². The van der Waals surface area contributed by atoms with Gasteiger partial charge >= 0.3 is 0 Å². The maximum atomic E-state index is 6.22. The van der Waals surface area contributed by atoms with Crippen molar-refractivity contribution in [3.05, 3.63) is 72.1 Å². The van der Waals surface area contributed by atoms with Gasteiger partial charge in [0, 0.05) is 11.4 Å². The lowest BCUT2D eigenvalue weighted by Gasteiger charge is -2.11. The number of nitrogens with zero attached hydrogens (tertiary/aromatic N) is 2. The second-order valence-electron chi connectivity index (χ2n) is 5.20. The molecule has 23 heavy (non-hydrogen) atoms. The van der Waals surface area contributed by atoms with Crippen LogP contribution in [0.5, 0.6) is 0 Å². The third-order valence-corrected chi connectivity index (χ3v) is 4.41. The molecule has 0 unspecified atom stereocenters. The van der Waals surface area contributed by atoms with Crippen LogP contribution in [0.4, 0.5) is 11.5 Å². The summed E-state index contributed by atoms with van der Waals surface area (Å²) in [5, 5.41) is 4.04. The van der Waals surface area contributed by atoms with Crippen LogP contribution in [0.15, 0.2) is 70.8 Å². The topological polar surface area (TPSA) is 63.8 Å². The van der Waals surface area contributed by atoms with Crippen LogP contribution in [-0.2, 0) is 6.54 Å². The van der Waals surface area contributed by atoms with E-state index < -0.39 is 0 Å². The van der Waals surface area contributed by atoms with Crippen molar-refractivity contribution in [2.75, 3.05) is 11.1 Å². The third kappa shape index (κ3) is 4.02. The molecule has 1 aromatic heterocycles. The number of benzene rings is 2. The molecule has 0 saturated heterocycles. The van der Waals surface area contributed by atoms with Gasteiger partial charge in [-0.1, -0.05) is 59.8 Å². The Labute approximate surface area is 140 Å². The molecule has 1 heterocycles. The predicted octanol–water partition coefficient (Wildman–Crippen LogP) is 4.13. The highest BCUT2D eigenvalue weighted by Crippen LogP contribution is 2.33. The van der Waals surface area contributed by atoms with E-state index >= 15 is 0 Å². The summed E-state index contributed by atoms with van der Waals surface area (Å²) in [5.41, 5.74) is 9.21. The molecule has 3 aromatic rings. The van der Waals surface area contributed by atoms with Gasteiger partial charge in [0.2, 0.25) is 0 Å². The molecule has 2 aromatic carbocycles. The highest BCUT2D eigenvalue weighted by atomic mass is 32.2. The summed E-state index contributed by atoms with van der Waals surface area (Å²) < 4.78 is 0. The number of hydrogen-bond acceptors (Lipinski definition) is 5. The van der Waals surface area contributed by atoms with Crippen LogP contribution in [-0.4, -0.2) is 9.97 Å². The first-order chi connectivity index (χ1) is 11.2. The zero-order valence-electron chi connectivity index (χ0n) is 12.9. The van der Waals surface area contributed by atoms with Crippen LogP contribution in [0, 0.1) is 6.92 Å². The van der Waals surface area contributed by atoms with Gasteiger partial charge in [-0.2, -0.15) is 0 Å². The number of nitrogen functional groups attached to an aromatic ring is 1. The van der Waals surface area contributed by atoms with Crippen LogP contribution >= 0.6 is 11.8 Å². The van der Waals surface area contributed by atoms with Crippen LogP contribution < -0.4 is 11.1 Å². The van der Waals surface area contributed by atoms with E-state index in [4.69, 9.17) is 5.73 Å². The van der Waals surface area contributed by atoms with Gasteiger partial charge in [0.05, 0.1) is 0 Å². The molecular weight excluding hydrogens is 304 g/mol. The Morgan fingerprint density at radius 1 is 1.00 bits per heavy atom. The first-order valence-corrected chi connectivity index (χ1v) is 8.17. The van der Waals surface area contributed by atoms with Crippen molar-refractivity contribution in [3.8, 4) is 0 Å². The Morgan fingerprint density at radius 2 is 1.74 bits per heavy atom. The molecule has 0 aliphatic rings. The molecule has 116 valence electrons. The zero-order valence-corrected chi connectivity index (χ0v) is 13.7. The molecule has 0 radical (unpaired) electrons. The van der Waals surface area contributed by atoms with Gasteiger partial charge in [0.1, 0.15) is 17.0 Å². The SMILES string of the molecule is Cc1ccc(Sc2ncnc(NCc3ccccc3)c2N)cc1. The molecule has 4 nitrogen and oxygen atoms in total. The number of nitrogens with one attached hydrogen (secondary N) is 1. The number of anilines is 2. The summed E-state index contributed by atoms with van der Waals surface area (Å²) in [5.74, 6) is 0.665. The average Bonchev–Trinajstić information content (AvgIpc) is 2.58. The van der Waals surface area contributed by atoms with Crippen molar-refractivity contribution in [2.24, 2.45) is 0 Å². The maximum absolute atomic E-state index is 6.22. The summed E-state index contributed by atoms with van der Waals surface area (Å²) in [6.45, 7) is 2.75. The van der Waals surface area contributed by atoms with Gasteiger partial charge in [-0.15, -0.1) is 0 Å². The standard InChI is InChI=1S/C18H18N4S/c1-13-7-9-15(10-8-13)23-18-16(19)17(21-12-22-18)20-11-14-5-3-2-4-6-14/h2-10,12H,11,19H2,1H3,(H,20,21,22). The van der Waals surface area contributed by atoms with E-state index in [1.165, 1.54) is 11.1 Å². The molecule has 0 fully saturated rings. The Kier molecular flexibility index (Phi) is 4.78. The monoisotopic (exact) mass is 322 g/mol. The zero-order chi connectivity index (χ0) is 16.1. The number of hydrogen-bond donors (Lipinski definition) is 2.